The maximum Gasteiger partial charge on any atom is 0.219 e. The lowest BCUT2D eigenvalue weighted by Gasteiger charge is -2.30. The van der Waals surface area contributed by atoms with Gasteiger partial charge in [0.25, 0.3) is 0 Å². The van der Waals surface area contributed by atoms with Crippen LogP contribution in [0.4, 0.5) is 11.8 Å². The molecule has 9 heteroatoms. The van der Waals surface area contributed by atoms with Gasteiger partial charge in [0.1, 0.15) is 11.4 Å². The summed E-state index contributed by atoms with van der Waals surface area (Å²) in [5.74, 6) is 3.44. The Bertz CT molecular complexity index is 1110. The Labute approximate surface area is 168 Å². The standard InChI is InChI=1S/C20H24N8O/c1-20(2)18-24-14-16(27(18)5-6-29-20)25-15(12-8-22-19(21)23-9-12)26-17(14)28-10-11-3-4-13(28)7-11/h8-9,11,13H,3-7,10H2,1-2H3,(H2,21,22,23)/t11-,13?/m1/s1. The third-order valence-electron chi connectivity index (χ3n) is 6.50. The van der Waals surface area contributed by atoms with Crippen LogP contribution in [0.1, 0.15) is 38.9 Å². The molecule has 2 aliphatic heterocycles. The van der Waals surface area contributed by atoms with Gasteiger partial charge >= 0.3 is 0 Å². The van der Waals surface area contributed by atoms with E-state index >= 15 is 0 Å². The highest BCUT2D eigenvalue weighted by atomic mass is 16.5. The molecule has 0 aromatic carbocycles. The van der Waals surface area contributed by atoms with Crippen molar-refractivity contribution in [2.45, 2.75) is 51.3 Å². The zero-order valence-corrected chi connectivity index (χ0v) is 16.7. The molecule has 2 N–H and O–H groups in total. The van der Waals surface area contributed by atoms with Crippen molar-refractivity contribution in [3.8, 4) is 11.4 Å². The van der Waals surface area contributed by atoms with E-state index in [1.165, 1.54) is 19.3 Å². The second kappa shape index (κ2) is 5.85. The Morgan fingerprint density at radius 3 is 2.69 bits per heavy atom. The van der Waals surface area contributed by atoms with Crippen LogP contribution in [-0.2, 0) is 16.9 Å². The molecule has 1 unspecified atom stereocenters. The van der Waals surface area contributed by atoms with Gasteiger partial charge in [-0.15, -0.1) is 0 Å². The number of nitrogen functional groups attached to an aromatic ring is 1. The molecule has 1 saturated carbocycles. The second-order valence-electron chi connectivity index (χ2n) is 8.80. The van der Waals surface area contributed by atoms with Gasteiger partial charge in [0, 0.05) is 31.5 Å². The number of aromatic nitrogens is 6. The van der Waals surface area contributed by atoms with E-state index in [0.717, 1.165) is 47.4 Å². The zero-order valence-electron chi connectivity index (χ0n) is 16.7. The van der Waals surface area contributed by atoms with Crippen LogP contribution in [0.15, 0.2) is 12.4 Å². The molecule has 0 spiro atoms. The van der Waals surface area contributed by atoms with Gasteiger partial charge in [-0.25, -0.2) is 24.9 Å². The number of rotatable bonds is 2. The normalized spacial score (nSPS) is 25.0. The van der Waals surface area contributed by atoms with E-state index in [0.29, 0.717) is 18.5 Å². The number of nitrogens with two attached hydrogens (primary N) is 1. The number of anilines is 2. The highest BCUT2D eigenvalue weighted by Gasteiger charge is 2.41. The number of hydrogen-bond acceptors (Lipinski definition) is 8. The van der Waals surface area contributed by atoms with Gasteiger partial charge in [-0.05, 0) is 39.0 Å². The molecule has 1 aliphatic carbocycles. The highest BCUT2D eigenvalue weighted by molar-refractivity contribution is 5.87. The molecule has 6 rings (SSSR count). The smallest absolute Gasteiger partial charge is 0.219 e. The van der Waals surface area contributed by atoms with Crippen molar-refractivity contribution >= 4 is 22.9 Å². The summed E-state index contributed by atoms with van der Waals surface area (Å²) in [6, 6.07) is 0.539. The van der Waals surface area contributed by atoms with Gasteiger partial charge in [-0.2, -0.15) is 0 Å². The topological polar surface area (TPSA) is 108 Å². The van der Waals surface area contributed by atoms with Crippen LogP contribution in [0.3, 0.4) is 0 Å². The van der Waals surface area contributed by atoms with Crippen LogP contribution in [-0.4, -0.2) is 48.7 Å². The summed E-state index contributed by atoms with van der Waals surface area (Å²) in [6.45, 7) is 6.53. The number of fused-ring (bicyclic) bond motifs is 5. The third-order valence-corrected chi connectivity index (χ3v) is 6.50. The summed E-state index contributed by atoms with van der Waals surface area (Å²) >= 11 is 0. The monoisotopic (exact) mass is 392 g/mol. The van der Waals surface area contributed by atoms with Crippen molar-refractivity contribution < 1.29 is 4.74 Å². The summed E-state index contributed by atoms with van der Waals surface area (Å²) in [5, 5.41) is 0. The first kappa shape index (κ1) is 17.1. The summed E-state index contributed by atoms with van der Waals surface area (Å²) in [6.07, 6.45) is 7.15. The van der Waals surface area contributed by atoms with Crippen molar-refractivity contribution in [1.82, 2.24) is 29.5 Å². The van der Waals surface area contributed by atoms with Crippen LogP contribution in [0.25, 0.3) is 22.6 Å². The molecule has 9 nitrogen and oxygen atoms in total. The molecule has 2 fully saturated rings. The molecule has 150 valence electrons. The van der Waals surface area contributed by atoms with Gasteiger partial charge in [-0.1, -0.05) is 0 Å². The summed E-state index contributed by atoms with van der Waals surface area (Å²) in [7, 11) is 0. The van der Waals surface area contributed by atoms with Gasteiger partial charge in [0.05, 0.1) is 12.2 Å². The molecular weight excluding hydrogens is 368 g/mol. The van der Waals surface area contributed by atoms with E-state index in [1.54, 1.807) is 12.4 Å². The van der Waals surface area contributed by atoms with Gasteiger partial charge < -0.3 is 19.9 Å². The van der Waals surface area contributed by atoms with E-state index < -0.39 is 5.60 Å². The van der Waals surface area contributed by atoms with E-state index in [1.807, 2.05) is 0 Å². The lowest BCUT2D eigenvalue weighted by molar-refractivity contribution is -0.0530. The molecule has 1 saturated heterocycles. The molecular formula is C20H24N8O. The molecule has 2 atom stereocenters. The number of hydrogen-bond donors (Lipinski definition) is 1. The number of piperidine rings is 1. The van der Waals surface area contributed by atoms with Crippen LogP contribution >= 0.6 is 0 Å². The van der Waals surface area contributed by atoms with E-state index in [9.17, 15) is 0 Å². The largest absolute Gasteiger partial charge is 0.368 e. The Balaban J connectivity index is 1.59. The van der Waals surface area contributed by atoms with Crippen molar-refractivity contribution in [3.05, 3.63) is 18.2 Å². The fourth-order valence-corrected chi connectivity index (χ4v) is 5.08. The fraction of sp³-hybridized carbons (Fsp3) is 0.550. The number of imidazole rings is 1. The molecule has 5 heterocycles. The average Bonchev–Trinajstić information content (AvgIpc) is 3.42. The lowest BCUT2D eigenvalue weighted by atomic mass is 10.1. The van der Waals surface area contributed by atoms with Crippen LogP contribution < -0.4 is 10.6 Å². The Morgan fingerprint density at radius 2 is 1.97 bits per heavy atom. The minimum absolute atomic E-state index is 0.243. The molecule has 0 amide bonds. The highest BCUT2D eigenvalue weighted by Crippen LogP contribution is 2.42. The Hall–Kier alpha value is -2.81. The first-order valence-electron chi connectivity index (χ1n) is 10.3. The van der Waals surface area contributed by atoms with E-state index in [4.69, 9.17) is 25.4 Å². The lowest BCUT2D eigenvalue weighted by Crippen LogP contribution is -2.33. The SMILES string of the molecule is CC1(C)OCCn2c1nc1c(N3C[C@@H]4CCC3C4)nc(-c3cnc(N)nc3)nc12. The van der Waals surface area contributed by atoms with Gasteiger partial charge in [0.15, 0.2) is 22.8 Å². The molecule has 29 heavy (non-hydrogen) atoms. The van der Waals surface area contributed by atoms with Crippen molar-refractivity contribution in [2.75, 3.05) is 23.8 Å². The molecule has 3 aliphatic rings. The summed E-state index contributed by atoms with van der Waals surface area (Å²) in [4.78, 5) is 25.6. The summed E-state index contributed by atoms with van der Waals surface area (Å²) < 4.78 is 8.17. The predicted molar refractivity (Wildman–Crippen MR) is 108 cm³/mol. The number of nitrogens with zero attached hydrogens (tertiary/aromatic N) is 7. The maximum absolute atomic E-state index is 5.99. The molecule has 3 aromatic heterocycles. The second-order valence-corrected chi connectivity index (χ2v) is 8.80. The van der Waals surface area contributed by atoms with Crippen molar-refractivity contribution in [2.24, 2.45) is 5.92 Å². The van der Waals surface area contributed by atoms with Crippen molar-refractivity contribution in [3.63, 3.8) is 0 Å². The third kappa shape index (κ3) is 2.53. The van der Waals surface area contributed by atoms with Crippen molar-refractivity contribution in [1.29, 1.82) is 0 Å². The van der Waals surface area contributed by atoms with Crippen LogP contribution in [0.2, 0.25) is 0 Å². The van der Waals surface area contributed by atoms with Crippen LogP contribution in [0, 0.1) is 5.92 Å². The summed E-state index contributed by atoms with van der Waals surface area (Å²) in [5.41, 5.74) is 7.70. The minimum Gasteiger partial charge on any atom is -0.368 e. The molecule has 3 aromatic rings. The molecule has 0 radical (unpaired) electrons. The van der Waals surface area contributed by atoms with Gasteiger partial charge in [-0.3, -0.25) is 0 Å². The van der Waals surface area contributed by atoms with E-state index in [2.05, 4.69) is 33.3 Å². The molecule has 2 bridgehead atoms. The predicted octanol–water partition coefficient (Wildman–Crippen LogP) is 2.12. The zero-order chi connectivity index (χ0) is 19.8. The van der Waals surface area contributed by atoms with Crippen LogP contribution in [0.5, 0.6) is 0 Å². The Morgan fingerprint density at radius 1 is 1.14 bits per heavy atom. The van der Waals surface area contributed by atoms with E-state index in [-0.39, 0.29) is 5.95 Å². The quantitative estimate of drug-likeness (QED) is 0.706. The maximum atomic E-state index is 5.99. The fourth-order valence-electron chi connectivity index (χ4n) is 5.08. The number of ether oxygens (including phenoxy) is 1. The minimum atomic E-state index is -0.454. The first-order chi connectivity index (χ1) is 14.0. The average molecular weight is 392 g/mol. The Kier molecular flexibility index (Phi) is 3.45. The van der Waals surface area contributed by atoms with Gasteiger partial charge in [0.2, 0.25) is 5.95 Å². The first-order valence-corrected chi connectivity index (χ1v) is 10.3.